The van der Waals surface area contributed by atoms with Crippen LogP contribution in [0.2, 0.25) is 0 Å². The lowest BCUT2D eigenvalue weighted by Gasteiger charge is -2.26. The molecule has 12 aromatic rings. The summed E-state index contributed by atoms with van der Waals surface area (Å²) in [5.41, 5.74) is 18.9. The van der Waals surface area contributed by atoms with Gasteiger partial charge in [-0.25, -0.2) is 0 Å². The molecule has 0 aliphatic rings. The number of nitrogens with zero attached hydrogens (tertiary/aromatic N) is 7. The van der Waals surface area contributed by atoms with Crippen LogP contribution in [0, 0.1) is 77.4 Å². The van der Waals surface area contributed by atoms with Crippen molar-refractivity contribution < 1.29 is 0 Å². The first-order valence-electron chi connectivity index (χ1n) is 27.9. The number of hydrogen-bond donors (Lipinski definition) is 0. The maximum Gasteiger partial charge on any atom is 0.102 e. The van der Waals surface area contributed by atoms with E-state index in [0.29, 0.717) is 44.6 Å². The second-order valence-electron chi connectivity index (χ2n) is 23.5. The summed E-state index contributed by atoms with van der Waals surface area (Å²) in [7, 11) is 0. The van der Waals surface area contributed by atoms with E-state index >= 15 is 0 Å². The Hall–Kier alpha value is -10.8. The fourth-order valence-electron chi connectivity index (χ4n) is 12.7. The van der Waals surface area contributed by atoms with Crippen molar-refractivity contribution in [1.29, 1.82) is 26.3 Å². The third-order valence-corrected chi connectivity index (χ3v) is 17.1. The molecular weight excluding hydrogens is 1010 g/mol. The van der Waals surface area contributed by atoms with E-state index < -0.39 is 0 Å². The summed E-state index contributed by atoms with van der Waals surface area (Å²) in [6.07, 6.45) is 0.742. The highest BCUT2D eigenvalue weighted by molar-refractivity contribution is 6.13. The number of fused-ring (bicyclic) bond motifs is 6. The molecule has 0 amide bonds. The van der Waals surface area contributed by atoms with Gasteiger partial charge in [0.25, 0.3) is 0 Å². The van der Waals surface area contributed by atoms with Crippen molar-refractivity contribution >= 4 is 43.6 Å². The van der Waals surface area contributed by atoms with Crippen LogP contribution in [-0.4, -0.2) is 9.13 Å². The number of nitriles is 5. The lowest BCUT2D eigenvalue weighted by atomic mass is 9.78. The quantitative estimate of drug-likeness (QED) is 0.142. The van der Waals surface area contributed by atoms with Gasteiger partial charge in [-0.15, -0.1) is 0 Å². The lowest BCUT2D eigenvalue weighted by Crippen LogP contribution is -2.20. The molecule has 0 aliphatic carbocycles. The van der Waals surface area contributed by atoms with Gasteiger partial charge >= 0.3 is 0 Å². The predicted molar refractivity (Wildman–Crippen MR) is 337 cm³/mol. The van der Waals surface area contributed by atoms with Crippen LogP contribution in [0.15, 0.2) is 188 Å². The summed E-state index contributed by atoms with van der Waals surface area (Å²) in [6.45, 7) is 17.2. The van der Waals surface area contributed by atoms with Crippen molar-refractivity contribution in [2.75, 3.05) is 0 Å². The Morgan fingerprint density at radius 1 is 0.337 bits per heavy atom. The van der Waals surface area contributed by atoms with Gasteiger partial charge in [0.1, 0.15) is 24.3 Å². The van der Waals surface area contributed by atoms with Crippen molar-refractivity contribution in [3.05, 3.63) is 249 Å². The molecular formula is C76H57N7. The van der Waals surface area contributed by atoms with Crippen molar-refractivity contribution in [2.24, 2.45) is 0 Å². The minimum Gasteiger partial charge on any atom is -0.308 e. The number of aromatic nitrogens is 2. The van der Waals surface area contributed by atoms with Gasteiger partial charge in [0.05, 0.1) is 67.3 Å². The van der Waals surface area contributed by atoms with Crippen molar-refractivity contribution in [3.8, 4) is 86.2 Å². The monoisotopic (exact) mass is 1070 g/mol. The van der Waals surface area contributed by atoms with Crippen LogP contribution < -0.4 is 0 Å². The van der Waals surface area contributed by atoms with E-state index in [2.05, 4.69) is 183 Å². The molecule has 0 saturated heterocycles. The first-order chi connectivity index (χ1) is 40.1. The van der Waals surface area contributed by atoms with Crippen LogP contribution in [0.3, 0.4) is 0 Å². The molecule has 0 unspecified atom stereocenters. The van der Waals surface area contributed by atoms with Gasteiger partial charge in [-0.1, -0.05) is 174 Å². The molecule has 83 heavy (non-hydrogen) atoms. The molecule has 396 valence electrons. The average Bonchev–Trinajstić information content (AvgIpc) is 2.23. The Bertz CT molecular complexity index is 4820. The third kappa shape index (κ3) is 8.69. The number of rotatable bonds is 9. The summed E-state index contributed by atoms with van der Waals surface area (Å²) in [6, 6.07) is 76.8. The standard InChI is InChI=1S/C76H57N7/c1-46-47(2)73(63(42-78)48(3)62(46)41-77)82-69-33-29-56(75(4,5)6)38-60(69)61-39-57(30-34-70(61)82)76(7,8)40-49-19-18-26-53(35-49)55-28-32-68-59(37-55)58-36-54(50-20-12-9-13-21-50)27-31-67(58)83(68)74-65(44-80)71(51-22-14-10-15-23-51)64(43-79)72(66(74)45-81)52-24-16-11-17-25-52/h9-39H,40H2,1-8H3. The molecule has 0 spiro atoms. The second kappa shape index (κ2) is 20.4. The first kappa shape index (κ1) is 52.9. The molecule has 10 aromatic carbocycles. The molecule has 0 saturated carbocycles. The molecule has 0 fully saturated rings. The van der Waals surface area contributed by atoms with Gasteiger partial charge in [-0.05, 0) is 153 Å². The molecule has 0 radical (unpaired) electrons. The average molecular weight is 1070 g/mol. The zero-order valence-corrected chi connectivity index (χ0v) is 47.7. The maximum absolute atomic E-state index is 11.4. The summed E-state index contributed by atoms with van der Waals surface area (Å²) >= 11 is 0. The van der Waals surface area contributed by atoms with Crippen molar-refractivity contribution in [2.45, 2.75) is 72.6 Å². The van der Waals surface area contributed by atoms with Crippen molar-refractivity contribution in [3.63, 3.8) is 0 Å². The first-order valence-corrected chi connectivity index (χ1v) is 27.9. The highest BCUT2D eigenvalue weighted by Crippen LogP contribution is 2.47. The van der Waals surface area contributed by atoms with E-state index in [9.17, 15) is 26.3 Å². The topological polar surface area (TPSA) is 129 Å². The predicted octanol–water partition coefficient (Wildman–Crippen LogP) is 18.7. The van der Waals surface area contributed by atoms with E-state index in [1.807, 2.05) is 99.6 Å². The normalized spacial score (nSPS) is 11.6. The fraction of sp³-hybridized carbons (Fsp3) is 0.145. The minimum absolute atomic E-state index is 0.0986. The zero-order valence-electron chi connectivity index (χ0n) is 47.7. The highest BCUT2D eigenvalue weighted by Gasteiger charge is 2.31. The fourth-order valence-corrected chi connectivity index (χ4v) is 12.7. The number of hydrogen-bond acceptors (Lipinski definition) is 5. The summed E-state index contributed by atoms with van der Waals surface area (Å²) < 4.78 is 4.30. The molecule has 0 aliphatic heterocycles. The van der Waals surface area contributed by atoms with Crippen molar-refractivity contribution in [1.82, 2.24) is 9.13 Å². The van der Waals surface area contributed by atoms with Crippen LogP contribution >= 0.6 is 0 Å². The van der Waals surface area contributed by atoms with Gasteiger partial charge in [-0.3, -0.25) is 0 Å². The Balaban J connectivity index is 1.01. The Kier molecular flexibility index (Phi) is 13.0. The van der Waals surface area contributed by atoms with Gasteiger partial charge in [0.2, 0.25) is 0 Å². The molecule has 12 rings (SSSR count). The molecule has 7 nitrogen and oxygen atoms in total. The Morgan fingerprint density at radius 3 is 1.24 bits per heavy atom. The lowest BCUT2D eigenvalue weighted by molar-refractivity contribution is 0.523. The van der Waals surface area contributed by atoms with Gasteiger partial charge < -0.3 is 9.13 Å². The SMILES string of the molecule is Cc1c(C)c(-n2c3ccc(C(C)(C)C)cc3c3cc(C(C)(C)Cc4cccc(-c5ccc6c(c5)c5cc(-c7ccccc7)ccc5n6-c5c(C#N)c(-c6ccccc6)c(C#N)c(-c6ccccc6)c5C#N)c4)ccc32)c(C#N)c(C)c1C#N. The summed E-state index contributed by atoms with van der Waals surface area (Å²) in [5.74, 6) is 0. The van der Waals surface area contributed by atoms with Crippen LogP contribution in [0.1, 0.15) is 95.8 Å². The molecule has 0 atom stereocenters. The third-order valence-electron chi connectivity index (χ3n) is 17.1. The van der Waals surface area contributed by atoms with Crippen LogP contribution in [0.4, 0.5) is 0 Å². The Labute approximate surface area is 484 Å². The largest absolute Gasteiger partial charge is 0.308 e. The van der Waals surface area contributed by atoms with E-state index in [1.54, 1.807) is 0 Å². The number of benzene rings is 10. The molecule has 2 aromatic heterocycles. The van der Waals surface area contributed by atoms with E-state index in [0.717, 1.165) is 89.1 Å². The van der Waals surface area contributed by atoms with Gasteiger partial charge in [0.15, 0.2) is 0 Å². The molecule has 2 heterocycles. The molecule has 0 bridgehead atoms. The Morgan fingerprint density at radius 2 is 0.747 bits per heavy atom. The maximum atomic E-state index is 11.4. The summed E-state index contributed by atoms with van der Waals surface area (Å²) in [4.78, 5) is 0. The molecule has 0 N–H and O–H groups in total. The minimum atomic E-state index is -0.321. The highest BCUT2D eigenvalue weighted by atomic mass is 15.0. The van der Waals surface area contributed by atoms with Crippen LogP contribution in [0.5, 0.6) is 0 Å². The van der Waals surface area contributed by atoms with E-state index in [4.69, 9.17) is 0 Å². The zero-order chi connectivity index (χ0) is 58.1. The van der Waals surface area contributed by atoms with Crippen LogP contribution in [0.25, 0.3) is 99.5 Å². The van der Waals surface area contributed by atoms with Gasteiger partial charge in [0, 0.05) is 32.7 Å². The van der Waals surface area contributed by atoms with E-state index in [1.165, 1.54) is 16.7 Å². The smallest absolute Gasteiger partial charge is 0.102 e. The second-order valence-corrected chi connectivity index (χ2v) is 23.5. The summed E-state index contributed by atoms with van der Waals surface area (Å²) in [5, 5.41) is 58.9. The van der Waals surface area contributed by atoms with Crippen LogP contribution in [-0.2, 0) is 17.3 Å². The van der Waals surface area contributed by atoms with Gasteiger partial charge in [-0.2, -0.15) is 26.3 Å². The molecule has 7 heteroatoms. The van der Waals surface area contributed by atoms with E-state index in [-0.39, 0.29) is 27.5 Å².